The second kappa shape index (κ2) is 8.98. The van der Waals surface area contributed by atoms with Crippen molar-refractivity contribution in [2.75, 3.05) is 6.61 Å². The average Bonchev–Trinajstić information content (AvgIpc) is 2.39. The van der Waals surface area contributed by atoms with E-state index >= 15 is 0 Å². The quantitative estimate of drug-likeness (QED) is 0.594. The standard InChI is InChI=1S/C16H26O2/c1-4-9-15(5-2)12-13-17-14(3)18-16-10-7-6-8-11-16/h6-8,10-11,14-15H,4-5,9,12-13H2,1-3H3. The van der Waals surface area contributed by atoms with Crippen LogP contribution in [0.1, 0.15) is 46.5 Å². The van der Waals surface area contributed by atoms with E-state index in [2.05, 4.69) is 13.8 Å². The number of hydrogen-bond donors (Lipinski definition) is 0. The van der Waals surface area contributed by atoms with E-state index in [0.29, 0.717) is 0 Å². The molecular formula is C16H26O2. The van der Waals surface area contributed by atoms with Crippen LogP contribution < -0.4 is 4.74 Å². The zero-order chi connectivity index (χ0) is 13.2. The van der Waals surface area contributed by atoms with E-state index in [4.69, 9.17) is 9.47 Å². The van der Waals surface area contributed by atoms with Gasteiger partial charge in [-0.1, -0.05) is 51.3 Å². The Morgan fingerprint density at radius 1 is 1.06 bits per heavy atom. The first kappa shape index (κ1) is 15.0. The largest absolute Gasteiger partial charge is 0.465 e. The summed E-state index contributed by atoms with van der Waals surface area (Å²) in [5.41, 5.74) is 0. The Morgan fingerprint density at radius 3 is 2.39 bits per heavy atom. The first-order chi connectivity index (χ1) is 8.76. The highest BCUT2D eigenvalue weighted by Crippen LogP contribution is 2.16. The zero-order valence-corrected chi connectivity index (χ0v) is 11.9. The molecule has 0 aliphatic rings. The van der Waals surface area contributed by atoms with Crippen LogP contribution in [0.25, 0.3) is 0 Å². The van der Waals surface area contributed by atoms with Crippen LogP contribution in [0.15, 0.2) is 30.3 Å². The predicted molar refractivity (Wildman–Crippen MR) is 75.8 cm³/mol. The second-order valence-electron chi connectivity index (χ2n) is 4.72. The molecule has 2 nitrogen and oxygen atoms in total. The Balaban J connectivity index is 2.19. The lowest BCUT2D eigenvalue weighted by Crippen LogP contribution is -2.18. The molecule has 1 aromatic rings. The summed E-state index contributed by atoms with van der Waals surface area (Å²) in [6.07, 6.45) is 4.76. The molecule has 0 saturated heterocycles. The SMILES string of the molecule is CCCC(CC)CCOC(C)Oc1ccccc1. The van der Waals surface area contributed by atoms with Crippen LogP contribution in [0.3, 0.4) is 0 Å². The fourth-order valence-corrected chi connectivity index (χ4v) is 2.09. The number of benzene rings is 1. The Bertz CT molecular complexity index is 297. The maximum absolute atomic E-state index is 5.70. The number of ether oxygens (including phenoxy) is 2. The molecule has 0 aromatic heterocycles. The van der Waals surface area contributed by atoms with Gasteiger partial charge in [0.2, 0.25) is 0 Å². The van der Waals surface area contributed by atoms with E-state index in [1.54, 1.807) is 0 Å². The third kappa shape index (κ3) is 6.06. The molecule has 0 saturated carbocycles. The Morgan fingerprint density at radius 2 is 1.78 bits per heavy atom. The van der Waals surface area contributed by atoms with Crippen molar-refractivity contribution in [3.63, 3.8) is 0 Å². The molecule has 0 amide bonds. The van der Waals surface area contributed by atoms with Gasteiger partial charge >= 0.3 is 0 Å². The molecule has 1 aromatic carbocycles. The van der Waals surface area contributed by atoms with Gasteiger partial charge < -0.3 is 9.47 Å². The normalized spacial score (nSPS) is 14.2. The predicted octanol–water partition coefficient (Wildman–Crippen LogP) is 4.64. The van der Waals surface area contributed by atoms with Gasteiger partial charge in [-0.3, -0.25) is 0 Å². The van der Waals surface area contributed by atoms with Crippen LogP contribution in [0, 0.1) is 5.92 Å². The zero-order valence-electron chi connectivity index (χ0n) is 11.9. The van der Waals surface area contributed by atoms with Gasteiger partial charge in [0.1, 0.15) is 5.75 Å². The van der Waals surface area contributed by atoms with Crippen LogP contribution in [0.4, 0.5) is 0 Å². The molecule has 2 heteroatoms. The molecule has 2 unspecified atom stereocenters. The van der Waals surface area contributed by atoms with E-state index in [-0.39, 0.29) is 6.29 Å². The van der Waals surface area contributed by atoms with Crippen molar-refractivity contribution in [1.29, 1.82) is 0 Å². The Kier molecular flexibility index (Phi) is 7.51. The van der Waals surface area contributed by atoms with Gasteiger partial charge in [-0.2, -0.15) is 0 Å². The van der Waals surface area contributed by atoms with Crippen LogP contribution in [-0.2, 0) is 4.74 Å². The smallest absolute Gasteiger partial charge is 0.196 e. The summed E-state index contributed by atoms with van der Waals surface area (Å²) in [5, 5.41) is 0. The Hall–Kier alpha value is -1.02. The van der Waals surface area contributed by atoms with Crippen LogP contribution in [0.5, 0.6) is 5.75 Å². The van der Waals surface area contributed by atoms with Crippen molar-refractivity contribution in [1.82, 2.24) is 0 Å². The first-order valence-corrected chi connectivity index (χ1v) is 7.09. The summed E-state index contributed by atoms with van der Waals surface area (Å²) < 4.78 is 11.4. The van der Waals surface area contributed by atoms with Crippen molar-refractivity contribution >= 4 is 0 Å². The minimum atomic E-state index is -0.175. The molecule has 0 heterocycles. The van der Waals surface area contributed by atoms with E-state index < -0.39 is 0 Å². The van der Waals surface area contributed by atoms with E-state index in [0.717, 1.165) is 24.7 Å². The molecule has 1 rings (SSSR count). The van der Waals surface area contributed by atoms with Gasteiger partial charge in [0.05, 0.1) is 6.61 Å². The highest BCUT2D eigenvalue weighted by atomic mass is 16.7. The molecule has 2 atom stereocenters. The van der Waals surface area contributed by atoms with Crippen molar-refractivity contribution < 1.29 is 9.47 Å². The molecule has 0 fully saturated rings. The van der Waals surface area contributed by atoms with E-state index in [1.165, 1.54) is 19.3 Å². The van der Waals surface area contributed by atoms with Crippen LogP contribution >= 0.6 is 0 Å². The number of para-hydroxylation sites is 1. The summed E-state index contributed by atoms with van der Waals surface area (Å²) in [5.74, 6) is 1.66. The maximum Gasteiger partial charge on any atom is 0.196 e. The lowest BCUT2D eigenvalue weighted by Gasteiger charge is -2.18. The Labute approximate surface area is 111 Å². The van der Waals surface area contributed by atoms with Gasteiger partial charge in [0.15, 0.2) is 6.29 Å². The molecule has 0 spiro atoms. The summed E-state index contributed by atoms with van der Waals surface area (Å²) in [6, 6.07) is 9.82. The minimum Gasteiger partial charge on any atom is -0.465 e. The topological polar surface area (TPSA) is 18.5 Å². The summed E-state index contributed by atoms with van der Waals surface area (Å²) in [6.45, 7) is 7.23. The van der Waals surface area contributed by atoms with Gasteiger partial charge in [-0.05, 0) is 31.4 Å². The van der Waals surface area contributed by atoms with Crippen LogP contribution in [-0.4, -0.2) is 12.9 Å². The molecule has 0 aliphatic heterocycles. The minimum absolute atomic E-state index is 0.175. The molecule has 0 N–H and O–H groups in total. The fourth-order valence-electron chi connectivity index (χ4n) is 2.09. The highest BCUT2D eigenvalue weighted by molar-refractivity contribution is 5.20. The van der Waals surface area contributed by atoms with Crippen molar-refractivity contribution in [3.05, 3.63) is 30.3 Å². The van der Waals surface area contributed by atoms with E-state index in [9.17, 15) is 0 Å². The van der Waals surface area contributed by atoms with Crippen molar-refractivity contribution in [3.8, 4) is 5.75 Å². The van der Waals surface area contributed by atoms with Gasteiger partial charge in [0.25, 0.3) is 0 Å². The molecule has 0 aliphatic carbocycles. The van der Waals surface area contributed by atoms with Gasteiger partial charge in [-0.25, -0.2) is 0 Å². The van der Waals surface area contributed by atoms with Crippen molar-refractivity contribution in [2.45, 2.75) is 52.7 Å². The lowest BCUT2D eigenvalue weighted by atomic mass is 9.98. The number of hydrogen-bond acceptors (Lipinski definition) is 2. The fraction of sp³-hybridized carbons (Fsp3) is 0.625. The van der Waals surface area contributed by atoms with Crippen molar-refractivity contribution in [2.24, 2.45) is 5.92 Å². The average molecular weight is 250 g/mol. The van der Waals surface area contributed by atoms with Gasteiger partial charge in [-0.15, -0.1) is 0 Å². The second-order valence-corrected chi connectivity index (χ2v) is 4.72. The van der Waals surface area contributed by atoms with Gasteiger partial charge in [0, 0.05) is 0 Å². The highest BCUT2D eigenvalue weighted by Gasteiger charge is 2.07. The molecule has 18 heavy (non-hydrogen) atoms. The van der Waals surface area contributed by atoms with Crippen LogP contribution in [0.2, 0.25) is 0 Å². The third-order valence-corrected chi connectivity index (χ3v) is 3.20. The summed E-state index contributed by atoms with van der Waals surface area (Å²) >= 11 is 0. The molecule has 102 valence electrons. The molecular weight excluding hydrogens is 224 g/mol. The van der Waals surface area contributed by atoms with E-state index in [1.807, 2.05) is 37.3 Å². The molecule has 0 bridgehead atoms. The first-order valence-electron chi connectivity index (χ1n) is 7.09. The number of rotatable bonds is 9. The lowest BCUT2D eigenvalue weighted by molar-refractivity contribution is -0.0705. The summed E-state index contributed by atoms with van der Waals surface area (Å²) in [4.78, 5) is 0. The maximum atomic E-state index is 5.70. The molecule has 0 radical (unpaired) electrons. The monoisotopic (exact) mass is 250 g/mol. The third-order valence-electron chi connectivity index (χ3n) is 3.20. The summed E-state index contributed by atoms with van der Waals surface area (Å²) in [7, 11) is 0.